The lowest BCUT2D eigenvalue weighted by molar-refractivity contribution is -0.384. The van der Waals surface area contributed by atoms with Crippen LogP contribution in [0.4, 0.5) is 17.1 Å². The van der Waals surface area contributed by atoms with Gasteiger partial charge in [-0.25, -0.2) is 0 Å². The molecule has 0 bridgehead atoms. The Labute approximate surface area is 204 Å². The van der Waals surface area contributed by atoms with Crippen molar-refractivity contribution in [3.8, 4) is 0 Å². The van der Waals surface area contributed by atoms with Crippen LogP contribution in [0.5, 0.6) is 0 Å². The molecule has 1 heterocycles. The lowest BCUT2D eigenvalue weighted by Gasteiger charge is -2.24. The van der Waals surface area contributed by atoms with E-state index >= 15 is 0 Å². The molecule has 35 heavy (non-hydrogen) atoms. The quantitative estimate of drug-likeness (QED) is 0.256. The molecule has 7 heteroatoms. The van der Waals surface area contributed by atoms with Crippen LogP contribution in [-0.2, 0) is 11.3 Å². The molecule has 0 unspecified atom stereocenters. The van der Waals surface area contributed by atoms with Crippen molar-refractivity contribution in [1.82, 2.24) is 4.90 Å². The van der Waals surface area contributed by atoms with Crippen molar-refractivity contribution < 1.29 is 9.72 Å². The van der Waals surface area contributed by atoms with Crippen LogP contribution in [0.1, 0.15) is 42.4 Å². The van der Waals surface area contributed by atoms with Gasteiger partial charge in [0.15, 0.2) is 0 Å². The number of benzene rings is 3. The smallest absolute Gasteiger partial charge is 0.270 e. The van der Waals surface area contributed by atoms with Crippen LogP contribution in [0.25, 0.3) is 11.3 Å². The molecule has 2 N–H and O–H groups in total. The van der Waals surface area contributed by atoms with Crippen LogP contribution >= 0.6 is 0 Å². The Kier molecular flexibility index (Phi) is 6.33. The minimum absolute atomic E-state index is 0.0547. The van der Waals surface area contributed by atoms with Gasteiger partial charge < -0.3 is 10.6 Å². The molecular weight excluding hydrogens is 440 g/mol. The van der Waals surface area contributed by atoms with Gasteiger partial charge in [-0.15, -0.1) is 0 Å². The third-order valence-electron chi connectivity index (χ3n) is 6.87. The summed E-state index contributed by atoms with van der Waals surface area (Å²) in [7, 11) is 2.19. The molecule has 1 fully saturated rings. The number of anilines is 2. The van der Waals surface area contributed by atoms with E-state index in [2.05, 4.69) is 34.7 Å². The number of non-ortho nitro benzene ring substituents is 1. The van der Waals surface area contributed by atoms with Gasteiger partial charge in [-0.1, -0.05) is 55.3 Å². The fourth-order valence-corrected chi connectivity index (χ4v) is 5.00. The van der Waals surface area contributed by atoms with Gasteiger partial charge in [-0.3, -0.25) is 19.8 Å². The second kappa shape index (κ2) is 9.72. The Bertz CT molecular complexity index is 1280. The molecule has 7 nitrogen and oxygen atoms in total. The maximum absolute atomic E-state index is 13.0. The van der Waals surface area contributed by atoms with Crippen LogP contribution in [0, 0.1) is 10.1 Å². The molecule has 0 saturated heterocycles. The first-order valence-corrected chi connectivity index (χ1v) is 12.0. The van der Waals surface area contributed by atoms with Gasteiger partial charge in [-0.05, 0) is 49.2 Å². The first-order valence-electron chi connectivity index (χ1n) is 12.0. The number of nitrogens with zero attached hydrogens (tertiary/aromatic N) is 2. The van der Waals surface area contributed by atoms with E-state index in [9.17, 15) is 14.9 Å². The van der Waals surface area contributed by atoms with Crippen molar-refractivity contribution in [2.75, 3.05) is 17.7 Å². The number of hydrogen-bond acceptors (Lipinski definition) is 5. The maximum atomic E-state index is 13.0. The Morgan fingerprint density at radius 1 is 1.06 bits per heavy atom. The average molecular weight is 469 g/mol. The van der Waals surface area contributed by atoms with Gasteiger partial charge in [0, 0.05) is 41.7 Å². The van der Waals surface area contributed by atoms with E-state index in [0.29, 0.717) is 28.6 Å². The predicted octanol–water partition coefficient (Wildman–Crippen LogP) is 5.90. The first-order chi connectivity index (χ1) is 17.0. The maximum Gasteiger partial charge on any atom is 0.270 e. The number of carbonyl (C=O) groups excluding carboxylic acids is 1. The second-order valence-corrected chi connectivity index (χ2v) is 9.23. The van der Waals surface area contributed by atoms with Crippen molar-refractivity contribution >= 4 is 34.2 Å². The van der Waals surface area contributed by atoms with Crippen LogP contribution in [0.2, 0.25) is 0 Å². The topological polar surface area (TPSA) is 87.5 Å². The number of nitro benzene ring substituents is 1. The summed E-state index contributed by atoms with van der Waals surface area (Å²) in [5.41, 5.74) is 4.93. The van der Waals surface area contributed by atoms with Crippen molar-refractivity contribution in [2.24, 2.45) is 0 Å². The molecule has 0 aromatic heterocycles. The molecule has 0 atom stereocenters. The van der Waals surface area contributed by atoms with Gasteiger partial charge in [-0.2, -0.15) is 0 Å². The highest BCUT2D eigenvalue weighted by Gasteiger charge is 2.30. The SMILES string of the molecule is CN(Cc1ccc(NC(=C2C(=O)Nc3ccc([N+](=O)[O-])cc32)c2ccccc2)cc1)C1CCCC1. The summed E-state index contributed by atoms with van der Waals surface area (Å²) in [4.78, 5) is 26.4. The number of nitro groups is 1. The molecule has 1 saturated carbocycles. The van der Waals surface area contributed by atoms with Gasteiger partial charge in [0.1, 0.15) is 0 Å². The van der Waals surface area contributed by atoms with E-state index in [1.165, 1.54) is 43.4 Å². The zero-order valence-corrected chi connectivity index (χ0v) is 19.7. The molecule has 1 amide bonds. The van der Waals surface area contributed by atoms with Crippen molar-refractivity contribution in [3.63, 3.8) is 0 Å². The van der Waals surface area contributed by atoms with Gasteiger partial charge in [0.2, 0.25) is 0 Å². The number of nitrogens with one attached hydrogen (secondary N) is 2. The van der Waals surface area contributed by atoms with E-state index in [1.807, 2.05) is 42.5 Å². The second-order valence-electron chi connectivity index (χ2n) is 9.23. The largest absolute Gasteiger partial charge is 0.354 e. The normalized spacial score (nSPS) is 16.8. The minimum Gasteiger partial charge on any atom is -0.354 e. The highest BCUT2D eigenvalue weighted by Crippen LogP contribution is 2.39. The Hall–Kier alpha value is -3.97. The lowest BCUT2D eigenvalue weighted by atomic mass is 9.99. The molecule has 0 spiro atoms. The van der Waals surface area contributed by atoms with Gasteiger partial charge >= 0.3 is 0 Å². The summed E-state index contributed by atoms with van der Waals surface area (Å²) in [5.74, 6) is -0.290. The minimum atomic E-state index is -0.447. The van der Waals surface area contributed by atoms with Gasteiger partial charge in [0.05, 0.1) is 16.2 Å². The summed E-state index contributed by atoms with van der Waals surface area (Å²) in [6.45, 7) is 0.900. The van der Waals surface area contributed by atoms with E-state index < -0.39 is 4.92 Å². The van der Waals surface area contributed by atoms with E-state index in [4.69, 9.17) is 0 Å². The fraction of sp³-hybridized carbons (Fsp3) is 0.250. The van der Waals surface area contributed by atoms with Crippen molar-refractivity contribution in [1.29, 1.82) is 0 Å². The first kappa shape index (κ1) is 22.8. The third kappa shape index (κ3) is 4.81. The third-order valence-corrected chi connectivity index (χ3v) is 6.87. The van der Waals surface area contributed by atoms with Crippen LogP contribution in [0.15, 0.2) is 72.8 Å². The van der Waals surface area contributed by atoms with E-state index in [-0.39, 0.29) is 11.6 Å². The molecule has 3 aromatic rings. The zero-order valence-electron chi connectivity index (χ0n) is 19.7. The molecule has 1 aliphatic heterocycles. The van der Waals surface area contributed by atoms with Crippen LogP contribution in [-0.4, -0.2) is 28.8 Å². The number of rotatable bonds is 7. The highest BCUT2D eigenvalue weighted by molar-refractivity contribution is 6.37. The fourth-order valence-electron chi connectivity index (χ4n) is 5.00. The molecule has 5 rings (SSSR count). The molecule has 1 aliphatic carbocycles. The molecule has 3 aromatic carbocycles. The number of fused-ring (bicyclic) bond motifs is 1. The Morgan fingerprint density at radius 2 is 1.77 bits per heavy atom. The van der Waals surface area contributed by atoms with Gasteiger partial charge in [0.25, 0.3) is 11.6 Å². The Balaban J connectivity index is 1.48. The number of hydrogen-bond donors (Lipinski definition) is 2. The lowest BCUT2D eigenvalue weighted by Crippen LogP contribution is -2.28. The predicted molar refractivity (Wildman–Crippen MR) is 139 cm³/mol. The summed E-state index contributed by atoms with van der Waals surface area (Å²) < 4.78 is 0. The molecular formula is C28H28N4O3. The summed E-state index contributed by atoms with van der Waals surface area (Å²) in [6.07, 6.45) is 5.17. The molecule has 2 aliphatic rings. The summed E-state index contributed by atoms with van der Waals surface area (Å²) in [5, 5.41) is 17.6. The van der Waals surface area contributed by atoms with Crippen molar-refractivity contribution in [3.05, 3.63) is 99.6 Å². The molecule has 0 radical (unpaired) electrons. The monoisotopic (exact) mass is 468 g/mol. The molecule has 178 valence electrons. The number of carbonyl (C=O) groups is 1. The van der Waals surface area contributed by atoms with Crippen molar-refractivity contribution in [2.45, 2.75) is 38.3 Å². The van der Waals surface area contributed by atoms with E-state index in [0.717, 1.165) is 17.8 Å². The van der Waals surface area contributed by atoms with Crippen LogP contribution in [0.3, 0.4) is 0 Å². The highest BCUT2D eigenvalue weighted by atomic mass is 16.6. The zero-order chi connectivity index (χ0) is 24.4. The average Bonchev–Trinajstić information content (AvgIpc) is 3.51. The summed E-state index contributed by atoms with van der Waals surface area (Å²) >= 11 is 0. The standard InChI is InChI=1S/C28H28N4O3/c1-31(22-9-5-6-10-22)18-19-11-13-21(14-12-19)29-27(20-7-3-2-4-8-20)26-24-17-23(32(34)35)15-16-25(24)30-28(26)33/h2-4,7-8,11-17,22,29H,5-6,9-10,18H2,1H3,(H,30,33). The van der Waals surface area contributed by atoms with Crippen LogP contribution < -0.4 is 10.6 Å². The number of amides is 1. The summed E-state index contributed by atoms with van der Waals surface area (Å²) in [6, 6.07) is 22.9. The Morgan fingerprint density at radius 3 is 2.46 bits per heavy atom. The van der Waals surface area contributed by atoms with E-state index in [1.54, 1.807) is 6.07 Å².